The van der Waals surface area contributed by atoms with E-state index < -0.39 is 7.25 Å². The first-order valence-electron chi connectivity index (χ1n) is 11.8. The van der Waals surface area contributed by atoms with Gasteiger partial charge in [0.1, 0.15) is 14.1 Å². The van der Waals surface area contributed by atoms with Gasteiger partial charge in [0.2, 0.25) is 5.71 Å². The van der Waals surface area contributed by atoms with E-state index in [1.807, 2.05) is 0 Å². The number of halogens is 7. The minimum absolute atomic E-state index is 0.872. The standard InChI is InChI=1S/C28H30Br2ClN2.BF4/c1-32(2)26(20-8-14-24(29)15-9-20)18-12-22-6-5-7-23(28(22)31)13-19-27(33(3)4)21-10-16-25(30)17-11-21;2-1(3,4)5/h8-19H,5-7H2,1-4H3;/q+1;-1. The minimum Gasteiger partial charge on any atom is -0.418 e. The lowest BCUT2D eigenvalue weighted by molar-refractivity contribution is -0.463. The van der Waals surface area contributed by atoms with E-state index >= 15 is 0 Å². The van der Waals surface area contributed by atoms with Gasteiger partial charge in [-0.3, -0.25) is 0 Å². The van der Waals surface area contributed by atoms with Crippen LogP contribution in [-0.4, -0.2) is 50.6 Å². The van der Waals surface area contributed by atoms with Crippen LogP contribution in [0, 0.1) is 0 Å². The number of rotatable bonds is 6. The normalized spacial score (nSPS) is 15.4. The summed E-state index contributed by atoms with van der Waals surface area (Å²) >= 11 is 13.9. The molecular weight excluding hydrogens is 646 g/mol. The molecule has 2 aromatic rings. The summed E-state index contributed by atoms with van der Waals surface area (Å²) < 4.78 is 43.3. The van der Waals surface area contributed by atoms with Crippen LogP contribution in [0.1, 0.15) is 30.4 Å². The van der Waals surface area contributed by atoms with Crippen LogP contribution in [0.2, 0.25) is 0 Å². The summed E-state index contributed by atoms with van der Waals surface area (Å²) in [6.45, 7) is 0. The number of hydrogen-bond acceptors (Lipinski definition) is 1. The highest BCUT2D eigenvalue weighted by atomic mass is 79.9. The molecule has 2 nitrogen and oxygen atoms in total. The highest BCUT2D eigenvalue weighted by Crippen LogP contribution is 2.34. The molecule has 0 fully saturated rings. The molecule has 38 heavy (non-hydrogen) atoms. The fourth-order valence-electron chi connectivity index (χ4n) is 3.82. The predicted octanol–water partition coefficient (Wildman–Crippen LogP) is 9.33. The first-order chi connectivity index (χ1) is 17.8. The fourth-order valence-corrected chi connectivity index (χ4v) is 4.66. The van der Waals surface area contributed by atoms with Gasteiger partial charge >= 0.3 is 7.25 Å². The number of benzene rings is 2. The molecule has 0 unspecified atom stereocenters. The summed E-state index contributed by atoms with van der Waals surface area (Å²) in [7, 11) is 2.28. The van der Waals surface area contributed by atoms with E-state index in [0.717, 1.165) is 44.6 Å². The number of hydrogen-bond donors (Lipinski definition) is 0. The van der Waals surface area contributed by atoms with Crippen LogP contribution in [0.25, 0.3) is 5.70 Å². The van der Waals surface area contributed by atoms with Crippen molar-refractivity contribution in [2.45, 2.75) is 19.3 Å². The van der Waals surface area contributed by atoms with Gasteiger partial charge in [0.25, 0.3) is 0 Å². The van der Waals surface area contributed by atoms with Gasteiger partial charge in [-0.1, -0.05) is 67.7 Å². The van der Waals surface area contributed by atoms with Gasteiger partial charge in [-0.15, -0.1) is 0 Å². The smallest absolute Gasteiger partial charge is 0.418 e. The van der Waals surface area contributed by atoms with Crippen molar-refractivity contribution in [1.82, 2.24) is 4.90 Å². The molecule has 0 saturated carbocycles. The highest BCUT2D eigenvalue weighted by Gasteiger charge is 2.20. The molecule has 10 heteroatoms. The quantitative estimate of drug-likeness (QED) is 0.128. The van der Waals surface area contributed by atoms with E-state index in [4.69, 9.17) is 11.6 Å². The molecule has 1 aliphatic carbocycles. The third kappa shape index (κ3) is 10.9. The minimum atomic E-state index is -6.00. The van der Waals surface area contributed by atoms with Crippen LogP contribution < -0.4 is 0 Å². The third-order valence-electron chi connectivity index (χ3n) is 5.58. The molecule has 3 rings (SSSR count). The Morgan fingerprint density at radius 1 is 0.895 bits per heavy atom. The zero-order valence-electron chi connectivity index (χ0n) is 21.7. The first-order valence-corrected chi connectivity index (χ1v) is 13.8. The molecule has 0 bridgehead atoms. The second-order valence-corrected chi connectivity index (χ2v) is 11.2. The molecule has 0 spiro atoms. The average Bonchev–Trinajstić information content (AvgIpc) is 2.82. The molecule has 0 aliphatic heterocycles. The second kappa shape index (κ2) is 14.9. The maximum absolute atomic E-state index is 9.75. The average molecular weight is 677 g/mol. The Morgan fingerprint density at radius 2 is 1.39 bits per heavy atom. The lowest BCUT2D eigenvalue weighted by Crippen LogP contribution is -2.12. The molecule has 0 aromatic heterocycles. The van der Waals surface area contributed by atoms with Crippen LogP contribution in [0.5, 0.6) is 0 Å². The van der Waals surface area contributed by atoms with Gasteiger partial charge in [0.15, 0.2) is 0 Å². The maximum Gasteiger partial charge on any atom is 0.673 e. The predicted molar refractivity (Wildman–Crippen MR) is 160 cm³/mol. The molecule has 2 aromatic carbocycles. The Balaban J connectivity index is 0.000000926. The van der Waals surface area contributed by atoms with E-state index in [9.17, 15) is 17.3 Å². The van der Waals surface area contributed by atoms with E-state index in [1.54, 1.807) is 0 Å². The summed E-state index contributed by atoms with van der Waals surface area (Å²) in [5.41, 5.74) is 7.04. The molecule has 0 heterocycles. The van der Waals surface area contributed by atoms with Crippen molar-refractivity contribution in [2.24, 2.45) is 0 Å². The number of allylic oxidation sites excluding steroid dienone is 7. The van der Waals surface area contributed by atoms with Crippen molar-refractivity contribution >= 4 is 62.1 Å². The summed E-state index contributed by atoms with van der Waals surface area (Å²) in [5.74, 6) is 0. The van der Waals surface area contributed by atoms with Gasteiger partial charge in [-0.25, -0.2) is 4.58 Å². The van der Waals surface area contributed by atoms with Crippen molar-refractivity contribution in [3.63, 3.8) is 0 Å². The van der Waals surface area contributed by atoms with Gasteiger partial charge in [-0.2, -0.15) is 0 Å². The zero-order chi connectivity index (χ0) is 28.5. The van der Waals surface area contributed by atoms with Crippen molar-refractivity contribution in [1.29, 1.82) is 0 Å². The molecule has 0 atom stereocenters. The second-order valence-electron chi connectivity index (χ2n) is 8.95. The van der Waals surface area contributed by atoms with Crippen LogP contribution in [0.15, 0.2) is 98.0 Å². The Kier molecular flexibility index (Phi) is 12.6. The summed E-state index contributed by atoms with van der Waals surface area (Å²) in [6, 6.07) is 16.8. The van der Waals surface area contributed by atoms with Gasteiger partial charge in [0.05, 0.1) is 0 Å². The molecule has 0 saturated heterocycles. The molecular formula is C28H30BBr2ClF4N2. The van der Waals surface area contributed by atoms with E-state index in [-0.39, 0.29) is 0 Å². The Bertz CT molecular complexity index is 1240. The molecule has 0 radical (unpaired) electrons. The van der Waals surface area contributed by atoms with Crippen molar-refractivity contribution in [3.05, 3.63) is 109 Å². The summed E-state index contributed by atoms with van der Waals surface area (Å²) in [4.78, 5) is 2.14. The van der Waals surface area contributed by atoms with Crippen LogP contribution in [0.3, 0.4) is 0 Å². The van der Waals surface area contributed by atoms with Crippen LogP contribution in [0.4, 0.5) is 17.3 Å². The Labute approximate surface area is 244 Å². The number of nitrogens with zero attached hydrogens (tertiary/aromatic N) is 2. The SMILES string of the molecule is CN(C)/C(=C/C=C1\CCCC(/C=C/C(c2ccc(Br)cc2)=[N+](C)C)=C1Cl)c1ccc(Br)cc1.F[B-](F)(F)F. The topological polar surface area (TPSA) is 6.25 Å². The summed E-state index contributed by atoms with van der Waals surface area (Å²) in [5, 5.41) is 0.872. The van der Waals surface area contributed by atoms with Crippen LogP contribution >= 0.6 is 43.5 Å². The maximum atomic E-state index is 9.75. The largest absolute Gasteiger partial charge is 0.673 e. The summed E-state index contributed by atoms with van der Waals surface area (Å²) in [6.07, 6.45) is 11.8. The molecule has 0 N–H and O–H groups in total. The van der Waals surface area contributed by atoms with E-state index in [0.29, 0.717) is 0 Å². The first kappa shape index (κ1) is 32.1. The molecule has 1 aliphatic rings. The van der Waals surface area contributed by atoms with E-state index in [1.165, 1.54) is 22.3 Å². The lowest BCUT2D eigenvalue weighted by Gasteiger charge is -2.19. The third-order valence-corrected chi connectivity index (χ3v) is 7.13. The highest BCUT2D eigenvalue weighted by molar-refractivity contribution is 9.10. The zero-order valence-corrected chi connectivity index (χ0v) is 25.6. The van der Waals surface area contributed by atoms with Gasteiger partial charge in [0, 0.05) is 45.4 Å². The van der Waals surface area contributed by atoms with Crippen molar-refractivity contribution in [2.75, 3.05) is 28.2 Å². The van der Waals surface area contributed by atoms with Crippen LogP contribution in [-0.2, 0) is 0 Å². The van der Waals surface area contributed by atoms with Crippen molar-refractivity contribution in [3.8, 4) is 0 Å². The monoisotopic (exact) mass is 674 g/mol. The van der Waals surface area contributed by atoms with Crippen molar-refractivity contribution < 1.29 is 21.8 Å². The van der Waals surface area contributed by atoms with E-state index in [2.05, 4.69) is 142 Å². The van der Waals surface area contributed by atoms with Gasteiger partial charge < -0.3 is 22.2 Å². The fraction of sp³-hybridized carbons (Fsp3) is 0.250. The molecule has 0 amide bonds. The Morgan fingerprint density at radius 3 is 1.87 bits per heavy atom. The van der Waals surface area contributed by atoms with Gasteiger partial charge in [-0.05, 0) is 78.4 Å². The molecule has 204 valence electrons. The Hall–Kier alpha value is -2.10. The lowest BCUT2D eigenvalue weighted by atomic mass is 9.93.